The Balaban J connectivity index is 1.33. The molecule has 0 aliphatic carbocycles. The highest BCUT2D eigenvalue weighted by Crippen LogP contribution is 2.27. The smallest absolute Gasteiger partial charge is 0.407 e. The molecular weight excluding hydrogens is 296 g/mol. The number of morpholine rings is 1. The van der Waals surface area contributed by atoms with Gasteiger partial charge in [0.2, 0.25) is 0 Å². The van der Waals surface area contributed by atoms with Gasteiger partial charge in [-0.25, -0.2) is 4.79 Å². The summed E-state index contributed by atoms with van der Waals surface area (Å²) in [5.41, 5.74) is 0.852. The van der Waals surface area contributed by atoms with Crippen molar-refractivity contribution in [1.82, 2.24) is 10.2 Å². The molecule has 2 aliphatic rings. The number of ether oxygens (including phenoxy) is 3. The van der Waals surface area contributed by atoms with E-state index >= 15 is 0 Å². The van der Waals surface area contributed by atoms with E-state index in [0.29, 0.717) is 19.8 Å². The number of alkyl carbamates (subject to hydrolysis) is 1. The zero-order valence-corrected chi connectivity index (χ0v) is 13.3. The van der Waals surface area contributed by atoms with Gasteiger partial charge in [0.1, 0.15) is 12.2 Å². The number of carbonyl (C=O) groups excluding carboxylic acids is 1. The summed E-state index contributed by atoms with van der Waals surface area (Å²) in [5.74, 6) is 0. The summed E-state index contributed by atoms with van der Waals surface area (Å²) in [7, 11) is 0. The van der Waals surface area contributed by atoms with Crippen LogP contribution in [-0.2, 0) is 20.8 Å². The fourth-order valence-electron chi connectivity index (χ4n) is 3.03. The van der Waals surface area contributed by atoms with Gasteiger partial charge < -0.3 is 19.5 Å². The predicted octanol–water partition coefficient (Wildman–Crippen LogP) is 1.40. The average molecular weight is 320 g/mol. The Morgan fingerprint density at radius 2 is 2.17 bits per heavy atom. The Labute approximate surface area is 136 Å². The highest BCUT2D eigenvalue weighted by atomic mass is 16.6. The molecule has 2 saturated heterocycles. The first-order chi connectivity index (χ1) is 11.3. The zero-order chi connectivity index (χ0) is 16.0. The maximum atomic E-state index is 11.7. The first-order valence-electron chi connectivity index (χ1n) is 8.14. The largest absolute Gasteiger partial charge is 0.445 e. The minimum atomic E-state index is -0.374. The molecule has 2 aliphatic heterocycles. The number of rotatable bonds is 5. The van der Waals surface area contributed by atoms with Crippen molar-refractivity contribution in [1.29, 1.82) is 0 Å². The molecule has 1 aromatic rings. The van der Waals surface area contributed by atoms with Crippen LogP contribution in [0.1, 0.15) is 12.0 Å². The average Bonchev–Trinajstić information content (AvgIpc) is 3.02. The number of hydrogen-bond donors (Lipinski definition) is 1. The molecule has 1 N–H and O–H groups in total. The first kappa shape index (κ1) is 16.2. The van der Waals surface area contributed by atoms with Crippen LogP contribution in [-0.4, -0.2) is 62.6 Å². The second kappa shape index (κ2) is 7.77. The van der Waals surface area contributed by atoms with Crippen LogP contribution in [0.5, 0.6) is 0 Å². The molecule has 1 spiro atoms. The predicted molar refractivity (Wildman–Crippen MR) is 85.2 cm³/mol. The van der Waals surface area contributed by atoms with Crippen LogP contribution in [0.3, 0.4) is 0 Å². The molecule has 0 aromatic heterocycles. The van der Waals surface area contributed by atoms with Crippen LogP contribution in [0.4, 0.5) is 4.79 Å². The lowest BCUT2D eigenvalue weighted by molar-refractivity contribution is -0.108. The van der Waals surface area contributed by atoms with E-state index in [-0.39, 0.29) is 11.7 Å². The number of benzene rings is 1. The van der Waals surface area contributed by atoms with Crippen LogP contribution >= 0.6 is 0 Å². The Morgan fingerprint density at radius 1 is 1.30 bits per heavy atom. The summed E-state index contributed by atoms with van der Waals surface area (Å²) in [6, 6.07) is 9.66. The van der Waals surface area contributed by atoms with Crippen molar-refractivity contribution >= 4 is 6.09 Å². The normalized spacial score (nSPS) is 24.7. The summed E-state index contributed by atoms with van der Waals surface area (Å²) >= 11 is 0. The fraction of sp³-hybridized carbons (Fsp3) is 0.588. The van der Waals surface area contributed by atoms with Crippen molar-refractivity contribution in [2.75, 3.05) is 46.0 Å². The van der Waals surface area contributed by atoms with Crippen molar-refractivity contribution in [3.8, 4) is 0 Å². The van der Waals surface area contributed by atoms with Gasteiger partial charge >= 0.3 is 6.09 Å². The molecule has 1 aromatic carbocycles. The van der Waals surface area contributed by atoms with Crippen LogP contribution < -0.4 is 5.32 Å². The molecule has 2 fully saturated rings. The summed E-state index contributed by atoms with van der Waals surface area (Å²) in [4.78, 5) is 14.0. The highest BCUT2D eigenvalue weighted by Gasteiger charge is 2.40. The molecule has 2 heterocycles. The molecule has 1 unspecified atom stereocenters. The third-order valence-electron chi connectivity index (χ3n) is 4.30. The number of amides is 1. The van der Waals surface area contributed by atoms with Gasteiger partial charge in [-0.05, 0) is 5.56 Å². The molecule has 0 bridgehead atoms. The monoisotopic (exact) mass is 320 g/mol. The maximum Gasteiger partial charge on any atom is 0.407 e. The summed E-state index contributed by atoms with van der Waals surface area (Å²) < 4.78 is 16.6. The topological polar surface area (TPSA) is 60.0 Å². The second-order valence-corrected chi connectivity index (χ2v) is 6.10. The Hall–Kier alpha value is -1.63. The molecule has 23 heavy (non-hydrogen) atoms. The van der Waals surface area contributed by atoms with E-state index in [1.165, 1.54) is 0 Å². The van der Waals surface area contributed by atoms with Gasteiger partial charge in [-0.15, -0.1) is 0 Å². The summed E-state index contributed by atoms with van der Waals surface area (Å²) in [6.45, 7) is 5.60. The maximum absolute atomic E-state index is 11.7. The van der Waals surface area contributed by atoms with E-state index in [4.69, 9.17) is 14.2 Å². The molecule has 0 radical (unpaired) electrons. The Bertz CT molecular complexity index is 503. The minimum Gasteiger partial charge on any atom is -0.445 e. The zero-order valence-electron chi connectivity index (χ0n) is 13.3. The van der Waals surface area contributed by atoms with E-state index in [2.05, 4.69) is 10.2 Å². The standard InChI is InChI=1S/C17H24N2O4/c20-16(22-12-15-4-2-1-3-5-15)18-7-8-19-9-11-23-17(13-19)6-10-21-14-17/h1-5H,6-14H2,(H,18,20). The van der Waals surface area contributed by atoms with Crippen LogP contribution in [0.15, 0.2) is 30.3 Å². The van der Waals surface area contributed by atoms with Gasteiger partial charge in [-0.3, -0.25) is 4.90 Å². The molecule has 126 valence electrons. The van der Waals surface area contributed by atoms with Gasteiger partial charge in [0.05, 0.1) is 13.2 Å². The lowest BCUT2D eigenvalue weighted by Crippen LogP contribution is -2.53. The molecule has 6 nitrogen and oxygen atoms in total. The number of nitrogens with zero attached hydrogens (tertiary/aromatic N) is 1. The Kier molecular flexibility index (Phi) is 5.48. The lowest BCUT2D eigenvalue weighted by Gasteiger charge is -2.39. The SMILES string of the molecule is O=C(NCCN1CCOC2(CCOC2)C1)OCc1ccccc1. The third-order valence-corrected chi connectivity index (χ3v) is 4.30. The molecule has 3 rings (SSSR count). The van der Waals surface area contributed by atoms with Crippen molar-refractivity contribution < 1.29 is 19.0 Å². The quantitative estimate of drug-likeness (QED) is 0.889. The molecule has 6 heteroatoms. The fourth-order valence-corrected chi connectivity index (χ4v) is 3.03. The van der Waals surface area contributed by atoms with E-state index in [1.54, 1.807) is 0 Å². The van der Waals surface area contributed by atoms with Crippen molar-refractivity contribution in [2.24, 2.45) is 0 Å². The van der Waals surface area contributed by atoms with Gasteiger partial charge in [0.15, 0.2) is 0 Å². The van der Waals surface area contributed by atoms with Crippen LogP contribution in [0.2, 0.25) is 0 Å². The van der Waals surface area contributed by atoms with Crippen LogP contribution in [0, 0.1) is 0 Å². The van der Waals surface area contributed by atoms with Gasteiger partial charge in [-0.2, -0.15) is 0 Å². The first-order valence-corrected chi connectivity index (χ1v) is 8.14. The summed E-state index contributed by atoms with van der Waals surface area (Å²) in [5, 5.41) is 2.80. The minimum absolute atomic E-state index is 0.133. The van der Waals surface area contributed by atoms with Gasteiger partial charge in [0.25, 0.3) is 0 Å². The van der Waals surface area contributed by atoms with E-state index < -0.39 is 0 Å². The van der Waals surface area contributed by atoms with Crippen LogP contribution in [0.25, 0.3) is 0 Å². The Morgan fingerprint density at radius 3 is 2.96 bits per heavy atom. The number of hydrogen-bond acceptors (Lipinski definition) is 5. The van der Waals surface area contributed by atoms with Gasteiger partial charge in [-0.1, -0.05) is 30.3 Å². The van der Waals surface area contributed by atoms with Gasteiger partial charge in [0, 0.05) is 39.2 Å². The molecule has 0 saturated carbocycles. The van der Waals surface area contributed by atoms with Crippen molar-refractivity contribution in [3.05, 3.63) is 35.9 Å². The molecule has 1 atom stereocenters. The second-order valence-electron chi connectivity index (χ2n) is 6.10. The van der Waals surface area contributed by atoms with E-state index in [9.17, 15) is 4.79 Å². The molecule has 1 amide bonds. The molecular formula is C17H24N2O4. The van der Waals surface area contributed by atoms with Crippen molar-refractivity contribution in [2.45, 2.75) is 18.6 Å². The number of carbonyl (C=O) groups is 1. The van der Waals surface area contributed by atoms with E-state index in [1.807, 2.05) is 30.3 Å². The lowest BCUT2D eigenvalue weighted by atomic mass is 10.0. The van der Waals surface area contributed by atoms with E-state index in [0.717, 1.165) is 44.8 Å². The third kappa shape index (κ3) is 4.67. The van der Waals surface area contributed by atoms with Crippen molar-refractivity contribution in [3.63, 3.8) is 0 Å². The number of nitrogens with one attached hydrogen (secondary N) is 1. The summed E-state index contributed by atoms with van der Waals surface area (Å²) in [6.07, 6.45) is 0.580. The highest BCUT2D eigenvalue weighted by molar-refractivity contribution is 5.67.